The molecular weight excluding hydrogens is 314 g/mol. The quantitative estimate of drug-likeness (QED) is 0.739. The number of rotatable bonds is 3. The van der Waals surface area contributed by atoms with Crippen LogP contribution >= 0.6 is 15.9 Å². The lowest BCUT2D eigenvalue weighted by Crippen LogP contribution is -2.02. The number of benzene rings is 1. The highest BCUT2D eigenvalue weighted by atomic mass is 79.9. The lowest BCUT2D eigenvalue weighted by Gasteiger charge is -2.07. The Bertz CT molecular complexity index is 762. The maximum atomic E-state index is 4.51. The summed E-state index contributed by atoms with van der Waals surface area (Å²) in [7, 11) is 0. The van der Waals surface area contributed by atoms with Gasteiger partial charge in [0, 0.05) is 27.6 Å². The van der Waals surface area contributed by atoms with E-state index in [1.807, 2.05) is 19.1 Å². The van der Waals surface area contributed by atoms with Crippen molar-refractivity contribution >= 4 is 32.7 Å². The smallest absolute Gasteiger partial charge is 0.126 e. The van der Waals surface area contributed by atoms with Crippen LogP contribution < -0.4 is 5.32 Å². The van der Waals surface area contributed by atoms with Crippen LogP contribution in [0.2, 0.25) is 0 Å². The summed E-state index contributed by atoms with van der Waals surface area (Å²) in [6.45, 7) is 4.87. The van der Waals surface area contributed by atoms with Gasteiger partial charge in [-0.25, -0.2) is 4.98 Å². The first-order valence-electron chi connectivity index (χ1n) is 6.58. The number of nitrogens with zero attached hydrogens (tertiary/aromatic N) is 1. The number of fused-ring (bicyclic) bond motifs is 1. The number of hydrogen-bond acceptors (Lipinski definition) is 2. The molecule has 2 N–H and O–H groups in total. The number of pyridine rings is 1. The lowest BCUT2D eigenvalue weighted by molar-refractivity contribution is 1.07. The fraction of sp³-hybridized carbons (Fsp3) is 0.188. The van der Waals surface area contributed by atoms with Gasteiger partial charge in [0.25, 0.3) is 0 Å². The number of para-hydroxylation sites is 1. The van der Waals surface area contributed by atoms with Crippen LogP contribution in [-0.4, -0.2) is 9.97 Å². The third-order valence-electron chi connectivity index (χ3n) is 3.49. The Morgan fingerprint density at radius 3 is 2.75 bits per heavy atom. The van der Waals surface area contributed by atoms with Gasteiger partial charge in [-0.15, -0.1) is 0 Å². The number of nitrogens with one attached hydrogen (secondary N) is 2. The molecule has 0 spiro atoms. The first-order chi connectivity index (χ1) is 9.65. The standard InChI is InChI=1S/C16H16BrN3/c1-10-13(12-5-3-4-6-15(12)19-10)9-18-16-8-7-14(17)11(2)20-16/h3-8,19H,9H2,1-2H3,(H,18,20). The van der Waals surface area contributed by atoms with E-state index >= 15 is 0 Å². The second-order valence-electron chi connectivity index (χ2n) is 4.89. The highest BCUT2D eigenvalue weighted by Gasteiger charge is 2.08. The molecule has 0 saturated carbocycles. The van der Waals surface area contributed by atoms with Gasteiger partial charge >= 0.3 is 0 Å². The summed E-state index contributed by atoms with van der Waals surface area (Å²) in [6.07, 6.45) is 0. The van der Waals surface area contributed by atoms with Gasteiger partial charge in [0.05, 0.1) is 5.69 Å². The summed E-state index contributed by atoms with van der Waals surface area (Å²) in [6, 6.07) is 12.4. The van der Waals surface area contributed by atoms with Gasteiger partial charge in [-0.05, 0) is 53.5 Å². The number of anilines is 1. The van der Waals surface area contributed by atoms with Crippen molar-refractivity contribution in [1.29, 1.82) is 0 Å². The predicted octanol–water partition coefficient (Wildman–Crippen LogP) is 4.55. The summed E-state index contributed by atoms with van der Waals surface area (Å²) in [5.74, 6) is 0.899. The van der Waals surface area contributed by atoms with E-state index in [1.165, 1.54) is 22.2 Å². The Kier molecular flexibility index (Phi) is 3.49. The van der Waals surface area contributed by atoms with Crippen molar-refractivity contribution in [2.24, 2.45) is 0 Å². The van der Waals surface area contributed by atoms with Crippen LogP contribution in [0.25, 0.3) is 10.9 Å². The van der Waals surface area contributed by atoms with E-state index < -0.39 is 0 Å². The molecule has 0 bridgehead atoms. The third kappa shape index (κ3) is 2.43. The second kappa shape index (κ2) is 5.29. The Balaban J connectivity index is 1.86. The zero-order valence-corrected chi connectivity index (χ0v) is 13.1. The molecule has 0 unspecified atom stereocenters. The average Bonchev–Trinajstić information content (AvgIpc) is 2.76. The van der Waals surface area contributed by atoms with Crippen molar-refractivity contribution < 1.29 is 0 Å². The third-order valence-corrected chi connectivity index (χ3v) is 4.33. The van der Waals surface area contributed by atoms with Crippen LogP contribution in [0.4, 0.5) is 5.82 Å². The van der Waals surface area contributed by atoms with Crippen LogP contribution in [0, 0.1) is 13.8 Å². The van der Waals surface area contributed by atoms with E-state index in [9.17, 15) is 0 Å². The minimum Gasteiger partial charge on any atom is -0.366 e. The number of H-pyrrole nitrogens is 1. The van der Waals surface area contributed by atoms with Gasteiger partial charge < -0.3 is 10.3 Å². The molecule has 0 atom stereocenters. The van der Waals surface area contributed by atoms with E-state index in [0.717, 1.165) is 22.5 Å². The molecule has 0 radical (unpaired) electrons. The monoisotopic (exact) mass is 329 g/mol. The Labute approximate surface area is 126 Å². The number of aromatic amines is 1. The normalized spacial score (nSPS) is 10.9. The van der Waals surface area contributed by atoms with Gasteiger partial charge in [0.2, 0.25) is 0 Å². The van der Waals surface area contributed by atoms with Crippen molar-refractivity contribution in [3.8, 4) is 0 Å². The van der Waals surface area contributed by atoms with Gasteiger partial charge in [-0.1, -0.05) is 18.2 Å². The number of aromatic nitrogens is 2. The molecule has 1 aromatic carbocycles. The molecule has 0 aliphatic heterocycles. The summed E-state index contributed by atoms with van der Waals surface area (Å²) in [5.41, 5.74) is 4.67. The van der Waals surface area contributed by atoms with E-state index in [2.05, 4.69) is 62.4 Å². The molecule has 2 heterocycles. The minimum atomic E-state index is 0.768. The van der Waals surface area contributed by atoms with Gasteiger partial charge in [0.1, 0.15) is 5.82 Å². The van der Waals surface area contributed by atoms with E-state index in [4.69, 9.17) is 0 Å². The first-order valence-corrected chi connectivity index (χ1v) is 7.37. The molecule has 3 nitrogen and oxygen atoms in total. The topological polar surface area (TPSA) is 40.7 Å². The maximum absolute atomic E-state index is 4.51. The zero-order valence-electron chi connectivity index (χ0n) is 11.5. The Hall–Kier alpha value is -1.81. The van der Waals surface area contributed by atoms with E-state index in [1.54, 1.807) is 0 Å². The molecule has 2 aromatic heterocycles. The minimum absolute atomic E-state index is 0.768. The molecule has 3 rings (SSSR count). The Morgan fingerprint density at radius 2 is 1.95 bits per heavy atom. The number of halogens is 1. The predicted molar refractivity (Wildman–Crippen MR) is 87.0 cm³/mol. The summed E-state index contributed by atoms with van der Waals surface area (Å²) < 4.78 is 1.03. The highest BCUT2D eigenvalue weighted by Crippen LogP contribution is 2.23. The molecule has 102 valence electrons. The van der Waals surface area contributed by atoms with Crippen molar-refractivity contribution in [3.63, 3.8) is 0 Å². The van der Waals surface area contributed by atoms with Crippen LogP contribution in [0.1, 0.15) is 17.0 Å². The van der Waals surface area contributed by atoms with Crippen molar-refractivity contribution in [1.82, 2.24) is 9.97 Å². The number of hydrogen-bond donors (Lipinski definition) is 2. The summed E-state index contributed by atoms with van der Waals surface area (Å²) in [4.78, 5) is 7.93. The molecule has 0 aliphatic carbocycles. The van der Waals surface area contributed by atoms with Gasteiger partial charge in [0.15, 0.2) is 0 Å². The van der Waals surface area contributed by atoms with Crippen LogP contribution in [-0.2, 0) is 6.54 Å². The van der Waals surface area contributed by atoms with Crippen LogP contribution in [0.15, 0.2) is 40.9 Å². The molecule has 20 heavy (non-hydrogen) atoms. The zero-order chi connectivity index (χ0) is 14.1. The largest absolute Gasteiger partial charge is 0.366 e. The SMILES string of the molecule is Cc1nc(NCc2c(C)[nH]c3ccccc23)ccc1Br. The van der Waals surface area contributed by atoms with Gasteiger partial charge in [-0.3, -0.25) is 0 Å². The molecular formula is C16H16BrN3. The molecule has 0 saturated heterocycles. The van der Waals surface area contributed by atoms with Crippen LogP contribution in [0.3, 0.4) is 0 Å². The second-order valence-corrected chi connectivity index (χ2v) is 5.75. The molecule has 0 fully saturated rings. The van der Waals surface area contributed by atoms with E-state index in [0.29, 0.717) is 0 Å². The first kappa shape index (κ1) is 13.2. The average molecular weight is 330 g/mol. The molecule has 0 aliphatic rings. The number of aryl methyl sites for hydroxylation is 2. The highest BCUT2D eigenvalue weighted by molar-refractivity contribution is 9.10. The lowest BCUT2D eigenvalue weighted by atomic mass is 10.1. The molecule has 0 amide bonds. The summed E-state index contributed by atoms with van der Waals surface area (Å²) >= 11 is 3.47. The van der Waals surface area contributed by atoms with Crippen LogP contribution in [0.5, 0.6) is 0 Å². The van der Waals surface area contributed by atoms with Gasteiger partial charge in [-0.2, -0.15) is 0 Å². The fourth-order valence-electron chi connectivity index (χ4n) is 2.38. The van der Waals surface area contributed by atoms with Crippen molar-refractivity contribution in [2.45, 2.75) is 20.4 Å². The maximum Gasteiger partial charge on any atom is 0.126 e. The fourth-order valence-corrected chi connectivity index (χ4v) is 2.60. The molecule has 3 aromatic rings. The molecule has 4 heteroatoms. The summed E-state index contributed by atoms with van der Waals surface area (Å²) in [5, 5.41) is 4.67. The Morgan fingerprint density at radius 1 is 1.15 bits per heavy atom. The van der Waals surface area contributed by atoms with E-state index in [-0.39, 0.29) is 0 Å². The van der Waals surface area contributed by atoms with Crippen molar-refractivity contribution in [2.75, 3.05) is 5.32 Å². The van der Waals surface area contributed by atoms with Crippen molar-refractivity contribution in [3.05, 3.63) is 57.8 Å².